The number of rotatable bonds is 0. The van der Waals surface area contributed by atoms with Gasteiger partial charge in [0.25, 0.3) is 0 Å². The minimum atomic E-state index is -0.481. The summed E-state index contributed by atoms with van der Waals surface area (Å²) in [5.74, 6) is 0.350. The van der Waals surface area contributed by atoms with Crippen LogP contribution in [0.3, 0.4) is 0 Å². The molecule has 0 aromatic carbocycles. The van der Waals surface area contributed by atoms with Gasteiger partial charge in [0, 0.05) is 30.1 Å². The summed E-state index contributed by atoms with van der Waals surface area (Å²) in [6, 6.07) is 0. The van der Waals surface area contributed by atoms with Crippen LogP contribution >= 0.6 is 0 Å². The van der Waals surface area contributed by atoms with Crippen molar-refractivity contribution < 1.29 is 28.8 Å². The molecule has 0 aromatic rings. The van der Waals surface area contributed by atoms with Crippen molar-refractivity contribution in [2.24, 2.45) is 28.6 Å². The predicted molar refractivity (Wildman–Crippen MR) is 102 cm³/mol. The summed E-state index contributed by atoms with van der Waals surface area (Å²) >= 11 is 0. The van der Waals surface area contributed by atoms with Gasteiger partial charge in [-0.2, -0.15) is 0 Å². The molecular formula is C23H34O6. The Bertz CT molecular complexity index is 729. The van der Waals surface area contributed by atoms with E-state index in [1.807, 2.05) is 0 Å². The van der Waals surface area contributed by atoms with Crippen molar-refractivity contribution in [3.63, 3.8) is 0 Å². The minimum absolute atomic E-state index is 0.0188. The quantitative estimate of drug-likeness (QED) is 0.624. The molecule has 0 aromatic heterocycles. The molecule has 0 unspecified atom stereocenters. The maximum Gasteiger partial charge on any atom is 0.174 e. The highest BCUT2D eigenvalue weighted by atomic mass is 16.7. The van der Waals surface area contributed by atoms with Crippen LogP contribution in [0.15, 0.2) is 0 Å². The van der Waals surface area contributed by atoms with E-state index in [9.17, 15) is 5.11 Å². The Kier molecular flexibility index (Phi) is 3.41. The van der Waals surface area contributed by atoms with Gasteiger partial charge in [0.05, 0.1) is 38.6 Å². The highest BCUT2D eigenvalue weighted by Gasteiger charge is 2.80. The fraction of sp³-hybridized carbons (Fsp3) is 1.00. The molecule has 7 rings (SSSR count). The molecule has 4 aliphatic carbocycles. The van der Waals surface area contributed by atoms with Gasteiger partial charge in [0.15, 0.2) is 11.6 Å². The first-order chi connectivity index (χ1) is 13.9. The summed E-state index contributed by atoms with van der Waals surface area (Å²) in [6.07, 6.45) is 6.59. The van der Waals surface area contributed by atoms with Crippen molar-refractivity contribution in [3.8, 4) is 0 Å². The molecule has 6 nitrogen and oxygen atoms in total. The Balaban J connectivity index is 1.26. The number of epoxide rings is 1. The summed E-state index contributed by atoms with van der Waals surface area (Å²) in [4.78, 5) is 0. The molecule has 3 heterocycles. The second kappa shape index (κ2) is 5.38. The van der Waals surface area contributed by atoms with E-state index in [1.54, 1.807) is 0 Å². The molecule has 7 fully saturated rings. The van der Waals surface area contributed by atoms with Gasteiger partial charge in [-0.05, 0) is 43.4 Å². The van der Waals surface area contributed by atoms with Gasteiger partial charge >= 0.3 is 0 Å². The molecule has 0 amide bonds. The van der Waals surface area contributed by atoms with Gasteiger partial charge in [-0.1, -0.05) is 13.8 Å². The van der Waals surface area contributed by atoms with Crippen molar-refractivity contribution in [2.75, 3.05) is 26.4 Å². The molecule has 29 heavy (non-hydrogen) atoms. The van der Waals surface area contributed by atoms with E-state index < -0.39 is 11.6 Å². The maximum atomic E-state index is 11.6. The maximum absolute atomic E-state index is 11.6. The van der Waals surface area contributed by atoms with Gasteiger partial charge in [0.2, 0.25) is 0 Å². The van der Waals surface area contributed by atoms with Crippen LogP contribution in [0.5, 0.6) is 0 Å². The molecule has 6 heteroatoms. The third-order valence-electron chi connectivity index (χ3n) is 10.6. The fourth-order valence-electron chi connectivity index (χ4n) is 9.37. The predicted octanol–water partition coefficient (Wildman–Crippen LogP) is 2.62. The SMILES string of the molecule is C[C@]12C[C@H](O)[C@H]3[C@@H](C[C@H]4O[C@]45CC4(CC[C@]35C)OCCO4)[C@@H]1CCC21OCCO1. The molecule has 162 valence electrons. The minimum Gasteiger partial charge on any atom is -0.393 e. The van der Waals surface area contributed by atoms with Gasteiger partial charge in [0.1, 0.15) is 5.60 Å². The third-order valence-corrected chi connectivity index (χ3v) is 10.6. The second-order valence-corrected chi connectivity index (χ2v) is 11.4. The zero-order valence-corrected chi connectivity index (χ0v) is 17.7. The topological polar surface area (TPSA) is 69.7 Å². The van der Waals surface area contributed by atoms with E-state index in [1.165, 1.54) is 0 Å². The number of hydrogen-bond donors (Lipinski definition) is 1. The van der Waals surface area contributed by atoms with Gasteiger partial charge in [-0.15, -0.1) is 0 Å². The summed E-state index contributed by atoms with van der Waals surface area (Å²) in [5.41, 5.74) is -0.305. The monoisotopic (exact) mass is 406 g/mol. The van der Waals surface area contributed by atoms with Crippen LogP contribution in [0.2, 0.25) is 0 Å². The Labute approximate surface area is 172 Å². The van der Waals surface area contributed by atoms with E-state index >= 15 is 0 Å². The molecular weight excluding hydrogens is 372 g/mol. The largest absolute Gasteiger partial charge is 0.393 e. The van der Waals surface area contributed by atoms with E-state index in [-0.39, 0.29) is 34.6 Å². The number of hydrogen-bond acceptors (Lipinski definition) is 6. The van der Waals surface area contributed by atoms with E-state index in [0.717, 1.165) is 44.9 Å². The molecule has 3 aliphatic heterocycles. The number of aliphatic hydroxyl groups excluding tert-OH is 1. The number of fused-ring (bicyclic) bond motifs is 5. The normalized spacial score (nSPS) is 58.7. The molecule has 0 radical (unpaired) electrons. The van der Waals surface area contributed by atoms with E-state index in [0.29, 0.717) is 38.3 Å². The summed E-state index contributed by atoms with van der Waals surface area (Å²) in [6.45, 7) is 7.46. The van der Waals surface area contributed by atoms with Gasteiger partial charge < -0.3 is 28.8 Å². The standard InChI is InChI=1S/C23H34O6/c1-19-5-6-21(25-7-8-26-21)13-22(19)17(29-22)11-14-15-3-4-23(27-9-10-28-23)20(15,2)12-16(24)18(14)19/h14-18,24H,3-13H2,1-2H3/t14-,15-,16-,17+,18+,19+,20-,22+/m0/s1. The number of ether oxygens (including phenoxy) is 5. The molecule has 3 saturated heterocycles. The van der Waals surface area contributed by atoms with Crippen LogP contribution in [0.1, 0.15) is 58.8 Å². The van der Waals surface area contributed by atoms with Crippen LogP contribution in [-0.4, -0.2) is 60.9 Å². The summed E-state index contributed by atoms with van der Waals surface area (Å²) in [7, 11) is 0. The first-order valence-corrected chi connectivity index (χ1v) is 11.8. The molecule has 1 N–H and O–H groups in total. The fourth-order valence-corrected chi connectivity index (χ4v) is 9.37. The van der Waals surface area contributed by atoms with Crippen molar-refractivity contribution in [2.45, 2.75) is 88.2 Å². The lowest BCUT2D eigenvalue weighted by Crippen LogP contribution is -2.65. The lowest BCUT2D eigenvalue weighted by molar-refractivity contribution is -0.271. The molecule has 7 aliphatic rings. The molecule has 4 saturated carbocycles. The Morgan fingerprint density at radius 1 is 0.862 bits per heavy atom. The first kappa shape index (κ1) is 18.3. The van der Waals surface area contributed by atoms with E-state index in [4.69, 9.17) is 23.7 Å². The van der Waals surface area contributed by atoms with Crippen molar-refractivity contribution in [1.29, 1.82) is 0 Å². The lowest BCUT2D eigenvalue weighted by atomic mass is 9.43. The third kappa shape index (κ3) is 1.97. The molecule has 8 atom stereocenters. The Morgan fingerprint density at radius 2 is 1.59 bits per heavy atom. The second-order valence-electron chi connectivity index (χ2n) is 11.4. The van der Waals surface area contributed by atoms with Crippen LogP contribution in [-0.2, 0) is 23.7 Å². The van der Waals surface area contributed by atoms with Crippen LogP contribution < -0.4 is 0 Å². The van der Waals surface area contributed by atoms with Crippen molar-refractivity contribution >= 4 is 0 Å². The zero-order valence-electron chi connectivity index (χ0n) is 17.7. The first-order valence-electron chi connectivity index (χ1n) is 11.8. The highest BCUT2D eigenvalue weighted by Crippen LogP contribution is 2.75. The van der Waals surface area contributed by atoms with E-state index in [2.05, 4.69) is 13.8 Å². The lowest BCUT2D eigenvalue weighted by Gasteiger charge is -2.62. The van der Waals surface area contributed by atoms with Crippen molar-refractivity contribution in [1.82, 2.24) is 0 Å². The smallest absolute Gasteiger partial charge is 0.174 e. The summed E-state index contributed by atoms with van der Waals surface area (Å²) < 4.78 is 31.2. The highest BCUT2D eigenvalue weighted by molar-refractivity contribution is 5.27. The number of aliphatic hydroxyl groups is 1. The molecule has 3 spiro atoms. The average molecular weight is 407 g/mol. The van der Waals surface area contributed by atoms with Crippen LogP contribution in [0, 0.1) is 28.6 Å². The van der Waals surface area contributed by atoms with Crippen molar-refractivity contribution in [3.05, 3.63) is 0 Å². The Morgan fingerprint density at radius 3 is 2.34 bits per heavy atom. The Hall–Kier alpha value is -0.240. The summed E-state index contributed by atoms with van der Waals surface area (Å²) in [5, 5.41) is 11.6. The van der Waals surface area contributed by atoms with Crippen LogP contribution in [0.4, 0.5) is 0 Å². The van der Waals surface area contributed by atoms with Gasteiger partial charge in [-0.25, -0.2) is 0 Å². The molecule has 0 bridgehead atoms. The van der Waals surface area contributed by atoms with Crippen LogP contribution in [0.25, 0.3) is 0 Å². The average Bonchev–Trinajstić information content (AvgIpc) is 3.06. The zero-order chi connectivity index (χ0) is 19.7. The van der Waals surface area contributed by atoms with Gasteiger partial charge in [-0.3, -0.25) is 0 Å².